The van der Waals surface area contributed by atoms with Crippen molar-refractivity contribution in [2.45, 2.75) is 38.5 Å². The summed E-state index contributed by atoms with van der Waals surface area (Å²) in [6, 6.07) is 0. The molecule has 7 nitrogen and oxygen atoms in total. The van der Waals surface area contributed by atoms with Crippen LogP contribution in [0.25, 0.3) is 0 Å². The van der Waals surface area contributed by atoms with E-state index < -0.39 is 11.8 Å². The Hall–Kier alpha value is -2.45. The van der Waals surface area contributed by atoms with E-state index in [4.69, 9.17) is 0 Å². The Morgan fingerprint density at radius 1 is 1.42 bits per heavy atom. The average Bonchev–Trinajstić information content (AvgIpc) is 3.00. The van der Waals surface area contributed by atoms with Crippen molar-refractivity contribution in [3.05, 3.63) is 35.9 Å². The molecule has 0 aromatic carbocycles. The fraction of sp³-hybridized carbons (Fsp3) is 0.533. The Kier molecular flexibility index (Phi) is 4.50. The fourth-order valence-electron chi connectivity index (χ4n) is 2.84. The third-order valence-corrected chi connectivity index (χ3v) is 4.26. The maximum absolute atomic E-state index is 13.4. The van der Waals surface area contributed by atoms with E-state index in [9.17, 15) is 13.6 Å². The maximum Gasteiger partial charge on any atom is 0.298 e. The van der Waals surface area contributed by atoms with Crippen LogP contribution in [0.3, 0.4) is 0 Å². The summed E-state index contributed by atoms with van der Waals surface area (Å²) < 4.78 is 31.3. The summed E-state index contributed by atoms with van der Waals surface area (Å²) in [5, 5.41) is 10.2. The zero-order valence-electron chi connectivity index (χ0n) is 13.3. The number of hydrogen-bond donors (Lipinski definition) is 1. The zero-order chi connectivity index (χ0) is 17.2. The number of rotatable bonds is 4. The molecule has 1 saturated carbocycles. The standard InChI is InChI=1S/C15H19F2N5O2/c1-11-13(20-24-19-11)14(23)21(22-9-3-2-8-18-22)10-12-4-6-15(16,17)7-5-12/h2-3,8-9,12,18H,4-7,10H2,1H3. The van der Waals surface area contributed by atoms with E-state index in [2.05, 4.69) is 20.4 Å². The first-order valence-corrected chi connectivity index (χ1v) is 7.84. The van der Waals surface area contributed by atoms with Crippen LogP contribution in [0.2, 0.25) is 0 Å². The first-order chi connectivity index (χ1) is 11.5. The van der Waals surface area contributed by atoms with Crippen LogP contribution in [0, 0.1) is 12.8 Å². The molecule has 1 amide bonds. The molecule has 1 aromatic rings. The number of hydrazine groups is 2. The normalized spacial score (nSPS) is 20.0. The quantitative estimate of drug-likeness (QED) is 0.908. The van der Waals surface area contributed by atoms with E-state index in [-0.39, 0.29) is 24.5 Å². The Morgan fingerprint density at radius 3 is 2.75 bits per heavy atom. The smallest absolute Gasteiger partial charge is 0.287 e. The molecular formula is C15H19F2N5O2. The second-order valence-corrected chi connectivity index (χ2v) is 6.06. The van der Waals surface area contributed by atoms with Gasteiger partial charge in [0, 0.05) is 31.8 Å². The summed E-state index contributed by atoms with van der Waals surface area (Å²) in [6.07, 6.45) is 7.35. The molecule has 0 unspecified atom stereocenters. The minimum atomic E-state index is -2.59. The molecule has 1 N–H and O–H groups in total. The van der Waals surface area contributed by atoms with Crippen molar-refractivity contribution in [1.82, 2.24) is 25.9 Å². The monoisotopic (exact) mass is 339 g/mol. The van der Waals surface area contributed by atoms with Crippen LogP contribution >= 0.6 is 0 Å². The number of halogens is 2. The number of amides is 1. The van der Waals surface area contributed by atoms with Crippen LogP contribution in [0.15, 0.2) is 29.2 Å². The lowest BCUT2D eigenvalue weighted by Gasteiger charge is -2.38. The van der Waals surface area contributed by atoms with Gasteiger partial charge in [-0.1, -0.05) is 5.16 Å². The predicted octanol–water partition coefficient (Wildman–Crippen LogP) is 2.41. The molecule has 2 heterocycles. The third-order valence-electron chi connectivity index (χ3n) is 4.26. The van der Waals surface area contributed by atoms with E-state index in [1.165, 1.54) is 10.1 Å². The highest BCUT2D eigenvalue weighted by molar-refractivity contribution is 5.92. The molecule has 1 aliphatic carbocycles. The second-order valence-electron chi connectivity index (χ2n) is 6.06. The number of allylic oxidation sites excluding steroid dienone is 2. The van der Waals surface area contributed by atoms with E-state index in [0.717, 1.165) is 0 Å². The number of carbonyl (C=O) groups excluding carboxylic acids is 1. The first kappa shape index (κ1) is 16.4. The van der Waals surface area contributed by atoms with Crippen LogP contribution in [0.4, 0.5) is 8.78 Å². The van der Waals surface area contributed by atoms with Crippen molar-refractivity contribution in [2.24, 2.45) is 5.92 Å². The highest BCUT2D eigenvalue weighted by atomic mass is 19.3. The molecule has 2 aliphatic rings. The Labute approximate surface area is 137 Å². The Balaban J connectivity index is 1.75. The number of carbonyl (C=O) groups is 1. The molecule has 9 heteroatoms. The molecule has 0 bridgehead atoms. The van der Waals surface area contributed by atoms with Crippen molar-refractivity contribution >= 4 is 5.91 Å². The molecule has 3 rings (SSSR count). The highest BCUT2D eigenvalue weighted by Gasteiger charge is 2.37. The minimum absolute atomic E-state index is 0.00477. The maximum atomic E-state index is 13.4. The highest BCUT2D eigenvalue weighted by Crippen LogP contribution is 2.36. The SMILES string of the molecule is Cc1nonc1C(=O)N(CC1CCC(F)(F)CC1)N1C=CC=CN1. The van der Waals surface area contributed by atoms with E-state index in [0.29, 0.717) is 25.1 Å². The van der Waals surface area contributed by atoms with Crippen molar-refractivity contribution in [3.8, 4) is 0 Å². The third kappa shape index (κ3) is 3.55. The number of nitrogens with zero attached hydrogens (tertiary/aromatic N) is 4. The van der Waals surface area contributed by atoms with Crippen LogP contribution in [0.5, 0.6) is 0 Å². The molecule has 130 valence electrons. The molecule has 0 atom stereocenters. The van der Waals surface area contributed by atoms with Crippen LogP contribution in [-0.2, 0) is 0 Å². The van der Waals surface area contributed by atoms with Crippen LogP contribution in [0.1, 0.15) is 41.9 Å². The number of aryl methyl sites for hydroxylation is 1. The van der Waals surface area contributed by atoms with E-state index >= 15 is 0 Å². The number of aromatic nitrogens is 2. The lowest BCUT2D eigenvalue weighted by Crippen LogP contribution is -2.52. The second kappa shape index (κ2) is 6.58. The Bertz CT molecular complexity index is 648. The van der Waals surface area contributed by atoms with Gasteiger partial charge in [0.05, 0.1) is 0 Å². The van der Waals surface area contributed by atoms with Gasteiger partial charge in [-0.05, 0) is 43.0 Å². The van der Waals surface area contributed by atoms with Crippen molar-refractivity contribution in [3.63, 3.8) is 0 Å². The average molecular weight is 339 g/mol. The van der Waals surface area contributed by atoms with Gasteiger partial charge in [0.15, 0.2) is 5.69 Å². The van der Waals surface area contributed by atoms with Gasteiger partial charge in [-0.25, -0.2) is 23.5 Å². The van der Waals surface area contributed by atoms with Crippen LogP contribution < -0.4 is 5.43 Å². The van der Waals surface area contributed by atoms with Gasteiger partial charge in [0.2, 0.25) is 5.92 Å². The minimum Gasteiger partial charge on any atom is -0.287 e. The van der Waals surface area contributed by atoms with Gasteiger partial charge >= 0.3 is 0 Å². The number of nitrogens with one attached hydrogen (secondary N) is 1. The van der Waals surface area contributed by atoms with Gasteiger partial charge in [0.1, 0.15) is 5.69 Å². The molecule has 0 spiro atoms. The summed E-state index contributed by atoms with van der Waals surface area (Å²) in [5.41, 5.74) is 3.43. The first-order valence-electron chi connectivity index (χ1n) is 7.84. The number of hydrogen-bond acceptors (Lipinski definition) is 6. The summed E-state index contributed by atoms with van der Waals surface area (Å²) in [6.45, 7) is 1.94. The predicted molar refractivity (Wildman–Crippen MR) is 80.2 cm³/mol. The molecule has 1 fully saturated rings. The fourth-order valence-corrected chi connectivity index (χ4v) is 2.84. The van der Waals surface area contributed by atoms with Gasteiger partial charge in [0.25, 0.3) is 5.91 Å². The molecule has 24 heavy (non-hydrogen) atoms. The summed E-state index contributed by atoms with van der Waals surface area (Å²) >= 11 is 0. The molecular weight excluding hydrogens is 320 g/mol. The zero-order valence-corrected chi connectivity index (χ0v) is 13.3. The lowest BCUT2D eigenvalue weighted by atomic mass is 9.86. The summed E-state index contributed by atoms with van der Waals surface area (Å²) in [7, 11) is 0. The van der Waals surface area contributed by atoms with Gasteiger partial charge in [-0.3, -0.25) is 10.2 Å². The molecule has 1 aliphatic heterocycles. The summed E-state index contributed by atoms with van der Waals surface area (Å²) in [5.74, 6) is -2.99. The number of alkyl halides is 2. The van der Waals surface area contributed by atoms with E-state index in [1.54, 1.807) is 31.5 Å². The van der Waals surface area contributed by atoms with Gasteiger partial charge in [-0.15, -0.1) is 0 Å². The van der Waals surface area contributed by atoms with Gasteiger partial charge < -0.3 is 0 Å². The topological polar surface area (TPSA) is 74.5 Å². The molecule has 1 aromatic heterocycles. The largest absolute Gasteiger partial charge is 0.298 e. The molecule has 0 saturated heterocycles. The van der Waals surface area contributed by atoms with E-state index in [1.807, 2.05) is 0 Å². The van der Waals surface area contributed by atoms with Crippen molar-refractivity contribution < 1.29 is 18.2 Å². The van der Waals surface area contributed by atoms with Crippen LogP contribution in [-0.4, -0.2) is 38.8 Å². The van der Waals surface area contributed by atoms with Crippen molar-refractivity contribution in [1.29, 1.82) is 0 Å². The summed E-state index contributed by atoms with van der Waals surface area (Å²) in [4.78, 5) is 12.8. The van der Waals surface area contributed by atoms with Crippen molar-refractivity contribution in [2.75, 3.05) is 6.54 Å². The molecule has 0 radical (unpaired) electrons. The lowest BCUT2D eigenvalue weighted by molar-refractivity contribution is -0.0601. The van der Waals surface area contributed by atoms with Gasteiger partial charge in [-0.2, -0.15) is 0 Å². The Morgan fingerprint density at radius 2 is 2.17 bits per heavy atom.